The van der Waals surface area contributed by atoms with Crippen molar-refractivity contribution >= 4 is 11.6 Å². The number of ether oxygens (including phenoxy) is 1. The Balaban J connectivity index is 2.29. The molecule has 0 fully saturated rings. The minimum Gasteiger partial charge on any atom is -0.380 e. The van der Waals surface area contributed by atoms with Crippen LogP contribution in [0.5, 0.6) is 0 Å². The summed E-state index contributed by atoms with van der Waals surface area (Å²) >= 11 is 5.92. The van der Waals surface area contributed by atoms with Crippen molar-refractivity contribution in [2.24, 2.45) is 0 Å². The summed E-state index contributed by atoms with van der Waals surface area (Å²) in [6, 6.07) is 0. The van der Waals surface area contributed by atoms with Gasteiger partial charge >= 0.3 is 0 Å². The van der Waals surface area contributed by atoms with Gasteiger partial charge in [0, 0.05) is 18.4 Å². The van der Waals surface area contributed by atoms with Gasteiger partial charge in [0.05, 0.1) is 24.7 Å². The van der Waals surface area contributed by atoms with Crippen molar-refractivity contribution in [3.8, 4) is 0 Å². The van der Waals surface area contributed by atoms with Crippen molar-refractivity contribution in [2.75, 3.05) is 13.2 Å². The highest BCUT2D eigenvalue weighted by atomic mass is 35.5. The van der Waals surface area contributed by atoms with Crippen molar-refractivity contribution in [1.29, 1.82) is 0 Å². The molecule has 1 unspecified atom stereocenters. The van der Waals surface area contributed by atoms with Gasteiger partial charge in [-0.3, -0.25) is 4.68 Å². The van der Waals surface area contributed by atoms with E-state index in [1.807, 2.05) is 17.8 Å². The Morgan fingerprint density at radius 1 is 1.57 bits per heavy atom. The van der Waals surface area contributed by atoms with Gasteiger partial charge in [-0.2, -0.15) is 5.10 Å². The Labute approximate surface area is 90.0 Å². The molecule has 80 valence electrons. The normalized spacial score (nSPS) is 13.1. The third kappa shape index (κ3) is 3.68. The molecule has 0 aliphatic heterocycles. The van der Waals surface area contributed by atoms with Crippen LogP contribution in [0.4, 0.5) is 0 Å². The van der Waals surface area contributed by atoms with Crippen molar-refractivity contribution in [3.05, 3.63) is 18.0 Å². The number of halogens is 1. The lowest BCUT2D eigenvalue weighted by Gasteiger charge is -2.02. The van der Waals surface area contributed by atoms with E-state index in [4.69, 9.17) is 16.3 Å². The molecule has 0 N–H and O–H groups in total. The molecule has 1 aromatic heterocycles. The Hall–Kier alpha value is -0.540. The number of hydrogen-bond acceptors (Lipinski definition) is 2. The fraction of sp³-hybridized carbons (Fsp3) is 0.700. The predicted octanol–water partition coefficient (Wildman–Crippen LogP) is 2.61. The van der Waals surface area contributed by atoms with Crippen LogP contribution in [0.1, 0.15) is 31.2 Å². The van der Waals surface area contributed by atoms with Gasteiger partial charge in [-0.05, 0) is 13.3 Å². The van der Waals surface area contributed by atoms with Crippen LogP contribution in [0, 0.1) is 0 Å². The lowest BCUT2D eigenvalue weighted by Crippen LogP contribution is -2.06. The van der Waals surface area contributed by atoms with Gasteiger partial charge in [0.2, 0.25) is 0 Å². The Kier molecular flexibility index (Phi) is 4.98. The Morgan fingerprint density at radius 2 is 2.36 bits per heavy atom. The monoisotopic (exact) mass is 216 g/mol. The second kappa shape index (κ2) is 6.04. The summed E-state index contributed by atoms with van der Waals surface area (Å²) in [4.78, 5) is 0. The first-order valence-electron chi connectivity index (χ1n) is 4.98. The summed E-state index contributed by atoms with van der Waals surface area (Å²) in [6.07, 6.45) is 4.83. The first kappa shape index (κ1) is 11.5. The molecule has 1 heterocycles. The number of alkyl halides is 1. The van der Waals surface area contributed by atoms with Gasteiger partial charge in [0.25, 0.3) is 0 Å². The molecule has 0 aliphatic carbocycles. The van der Waals surface area contributed by atoms with Gasteiger partial charge in [-0.1, -0.05) is 6.92 Å². The molecule has 0 aromatic carbocycles. The maximum absolute atomic E-state index is 5.92. The van der Waals surface area contributed by atoms with Crippen LogP contribution in [0.25, 0.3) is 0 Å². The number of hydrogen-bond donors (Lipinski definition) is 0. The molecule has 0 aliphatic rings. The second-order valence-electron chi connectivity index (χ2n) is 3.27. The van der Waals surface area contributed by atoms with E-state index in [1.54, 1.807) is 6.20 Å². The van der Waals surface area contributed by atoms with Crippen LogP contribution in [-0.4, -0.2) is 23.0 Å². The fourth-order valence-corrected chi connectivity index (χ4v) is 1.22. The smallest absolute Gasteiger partial charge is 0.0662 e. The quantitative estimate of drug-likeness (QED) is 0.540. The summed E-state index contributed by atoms with van der Waals surface area (Å²) in [5, 5.41) is 4.22. The first-order chi connectivity index (χ1) is 6.74. The van der Waals surface area contributed by atoms with Crippen molar-refractivity contribution in [1.82, 2.24) is 9.78 Å². The van der Waals surface area contributed by atoms with Crippen LogP contribution in [0.2, 0.25) is 0 Å². The van der Waals surface area contributed by atoms with Crippen LogP contribution < -0.4 is 0 Å². The van der Waals surface area contributed by atoms with Gasteiger partial charge in [-0.25, -0.2) is 0 Å². The summed E-state index contributed by atoms with van der Waals surface area (Å²) in [5.74, 6) is 0. The van der Waals surface area contributed by atoms with E-state index < -0.39 is 0 Å². The third-order valence-corrected chi connectivity index (χ3v) is 2.18. The van der Waals surface area contributed by atoms with Crippen molar-refractivity contribution < 1.29 is 4.74 Å². The maximum atomic E-state index is 5.92. The Bertz CT molecular complexity index is 260. The molecule has 1 aromatic rings. The highest BCUT2D eigenvalue weighted by Gasteiger charge is 2.03. The highest BCUT2D eigenvalue weighted by Crippen LogP contribution is 2.17. The molecule has 1 atom stereocenters. The highest BCUT2D eigenvalue weighted by molar-refractivity contribution is 6.20. The first-order valence-corrected chi connectivity index (χ1v) is 5.42. The van der Waals surface area contributed by atoms with Crippen LogP contribution in [0.15, 0.2) is 12.4 Å². The molecule has 0 radical (unpaired) electrons. The molecule has 0 spiro atoms. The standard InChI is InChI=1S/C10H17ClN2O/c1-3-5-14-6-4-13-8-10(7-12-13)9(2)11/h7-9H,3-6H2,1-2H3. The Morgan fingerprint density at radius 3 is 2.93 bits per heavy atom. The molecule has 0 saturated heterocycles. The summed E-state index contributed by atoms with van der Waals surface area (Å²) < 4.78 is 7.23. The van der Waals surface area contributed by atoms with Gasteiger partial charge < -0.3 is 4.74 Å². The summed E-state index contributed by atoms with van der Waals surface area (Å²) in [5.41, 5.74) is 1.06. The van der Waals surface area contributed by atoms with E-state index in [0.717, 1.165) is 25.1 Å². The van der Waals surface area contributed by atoms with Crippen LogP contribution >= 0.6 is 11.6 Å². The van der Waals surface area contributed by atoms with Gasteiger partial charge in [0.15, 0.2) is 0 Å². The lowest BCUT2D eigenvalue weighted by molar-refractivity contribution is 0.124. The molecule has 0 bridgehead atoms. The summed E-state index contributed by atoms with van der Waals surface area (Å²) in [7, 11) is 0. The molecule has 1 rings (SSSR count). The molecule has 3 nitrogen and oxygen atoms in total. The lowest BCUT2D eigenvalue weighted by atomic mass is 10.3. The van der Waals surface area contributed by atoms with Crippen molar-refractivity contribution in [3.63, 3.8) is 0 Å². The van der Waals surface area contributed by atoms with E-state index in [9.17, 15) is 0 Å². The average Bonchev–Trinajstić information content (AvgIpc) is 2.61. The van der Waals surface area contributed by atoms with E-state index in [2.05, 4.69) is 12.0 Å². The molecule has 14 heavy (non-hydrogen) atoms. The van der Waals surface area contributed by atoms with Gasteiger partial charge in [-0.15, -0.1) is 11.6 Å². The van der Waals surface area contributed by atoms with E-state index in [-0.39, 0.29) is 5.38 Å². The zero-order valence-electron chi connectivity index (χ0n) is 8.74. The second-order valence-corrected chi connectivity index (χ2v) is 3.92. The fourth-order valence-electron chi connectivity index (χ4n) is 1.11. The summed E-state index contributed by atoms with van der Waals surface area (Å²) in [6.45, 7) is 6.37. The third-order valence-electron chi connectivity index (χ3n) is 1.93. The molecule has 0 amide bonds. The van der Waals surface area contributed by atoms with E-state index in [1.165, 1.54) is 0 Å². The molecule has 0 saturated carbocycles. The van der Waals surface area contributed by atoms with Crippen LogP contribution in [0.3, 0.4) is 0 Å². The number of aromatic nitrogens is 2. The van der Waals surface area contributed by atoms with E-state index in [0.29, 0.717) is 6.61 Å². The zero-order chi connectivity index (χ0) is 10.4. The zero-order valence-corrected chi connectivity index (χ0v) is 9.50. The SMILES string of the molecule is CCCOCCn1cc(C(C)Cl)cn1. The van der Waals surface area contributed by atoms with Crippen LogP contribution in [-0.2, 0) is 11.3 Å². The molecular formula is C10H17ClN2O. The minimum absolute atomic E-state index is 0.0281. The minimum atomic E-state index is 0.0281. The topological polar surface area (TPSA) is 27.1 Å². The average molecular weight is 217 g/mol. The molecule has 4 heteroatoms. The largest absolute Gasteiger partial charge is 0.380 e. The number of rotatable bonds is 6. The van der Waals surface area contributed by atoms with E-state index >= 15 is 0 Å². The number of nitrogens with zero attached hydrogens (tertiary/aromatic N) is 2. The van der Waals surface area contributed by atoms with Crippen molar-refractivity contribution in [2.45, 2.75) is 32.2 Å². The predicted molar refractivity (Wildman–Crippen MR) is 57.6 cm³/mol. The van der Waals surface area contributed by atoms with Gasteiger partial charge in [0.1, 0.15) is 0 Å². The maximum Gasteiger partial charge on any atom is 0.0662 e. The molecular weight excluding hydrogens is 200 g/mol.